The van der Waals surface area contributed by atoms with Crippen molar-refractivity contribution in [3.63, 3.8) is 0 Å². The zero-order valence-corrected chi connectivity index (χ0v) is 30.1. The predicted octanol–water partition coefficient (Wildman–Crippen LogP) is 12.6. The molecule has 2 heterocycles. The number of para-hydroxylation sites is 2. The van der Waals surface area contributed by atoms with Gasteiger partial charge in [0.05, 0.1) is 34.1 Å². The van der Waals surface area contributed by atoms with Gasteiger partial charge in [0, 0.05) is 33.0 Å². The second kappa shape index (κ2) is 13.9. The average molecular weight is 714 g/mol. The van der Waals surface area contributed by atoms with E-state index < -0.39 is 0 Å². The average Bonchev–Trinajstić information content (AvgIpc) is 3.28. The Balaban J connectivity index is 1.08. The van der Waals surface area contributed by atoms with Gasteiger partial charge in [0.1, 0.15) is 0 Å². The molecule has 5 nitrogen and oxygen atoms in total. The van der Waals surface area contributed by atoms with E-state index in [-0.39, 0.29) is 0 Å². The van der Waals surface area contributed by atoms with Crippen molar-refractivity contribution in [2.75, 3.05) is 0 Å². The highest BCUT2D eigenvalue weighted by Gasteiger charge is 2.16. The number of aromatic nitrogens is 4. The van der Waals surface area contributed by atoms with Crippen molar-refractivity contribution < 1.29 is 0 Å². The van der Waals surface area contributed by atoms with Crippen LogP contribution in [0.3, 0.4) is 0 Å². The molecule has 56 heavy (non-hydrogen) atoms. The fourth-order valence-corrected chi connectivity index (χ4v) is 7.57. The van der Waals surface area contributed by atoms with Crippen molar-refractivity contribution in [1.82, 2.24) is 19.9 Å². The Labute approximate surface area is 323 Å². The molecule has 8 aromatic carbocycles. The number of hydrogen-bond donors (Lipinski definition) is 0. The number of fused-ring (bicyclic) bond motifs is 3. The van der Waals surface area contributed by atoms with E-state index in [1.807, 2.05) is 78.9 Å². The Bertz CT molecular complexity index is 3160. The molecule has 10 rings (SSSR count). The van der Waals surface area contributed by atoms with Crippen LogP contribution in [0.2, 0.25) is 0 Å². The van der Waals surface area contributed by atoms with Gasteiger partial charge in [-0.3, -0.25) is 0 Å². The smallest absolute Gasteiger partial charge is 0.161 e. The summed E-state index contributed by atoms with van der Waals surface area (Å²) in [6, 6.07) is 66.2. The van der Waals surface area contributed by atoms with E-state index in [0.29, 0.717) is 17.2 Å². The van der Waals surface area contributed by atoms with Gasteiger partial charge in [-0.1, -0.05) is 146 Å². The number of nitriles is 1. The number of rotatable bonds is 6. The minimum Gasteiger partial charge on any atom is -0.228 e. The van der Waals surface area contributed by atoms with Crippen LogP contribution in [0.5, 0.6) is 0 Å². The molecule has 0 spiro atoms. The quantitative estimate of drug-likeness (QED) is 0.171. The number of nitrogens with zero attached hydrogens (tertiary/aromatic N) is 5. The highest BCUT2D eigenvalue weighted by atomic mass is 14.9. The fraction of sp³-hybridized carbons (Fsp3) is 0. The Morgan fingerprint density at radius 1 is 0.339 bits per heavy atom. The first-order valence-corrected chi connectivity index (χ1v) is 18.5. The summed E-state index contributed by atoms with van der Waals surface area (Å²) in [4.78, 5) is 20.3. The minimum atomic E-state index is 0.581. The van der Waals surface area contributed by atoms with Crippen molar-refractivity contribution in [1.29, 1.82) is 5.26 Å². The summed E-state index contributed by atoms with van der Waals surface area (Å²) in [7, 11) is 0. The van der Waals surface area contributed by atoms with Gasteiger partial charge in [-0.2, -0.15) is 5.26 Å². The third kappa shape index (κ3) is 6.02. The zero-order valence-electron chi connectivity index (χ0n) is 30.1. The summed E-state index contributed by atoms with van der Waals surface area (Å²) >= 11 is 0. The molecule has 0 saturated heterocycles. The Hall–Kier alpha value is -7.81. The van der Waals surface area contributed by atoms with Crippen LogP contribution in [-0.2, 0) is 0 Å². The normalized spacial score (nSPS) is 11.2. The standard InChI is InChI=1S/C51H31N5/c52-32-33-27-40(36-17-10-19-38(29-36)48-44-22-6-8-25-46(44)53-50(55-48)35-14-2-1-3-15-35)31-41(28-33)37-18-11-20-39(30-37)49-45-23-7-9-26-47(45)54-51(56-49)43-24-12-16-34-13-4-5-21-42(34)43/h1-31H. The van der Waals surface area contributed by atoms with Gasteiger partial charge < -0.3 is 0 Å². The van der Waals surface area contributed by atoms with E-state index >= 15 is 0 Å². The van der Waals surface area contributed by atoms with E-state index in [2.05, 4.69) is 115 Å². The first kappa shape index (κ1) is 32.8. The van der Waals surface area contributed by atoms with Crippen LogP contribution in [0.25, 0.3) is 100 Å². The van der Waals surface area contributed by atoms with Crippen LogP contribution < -0.4 is 0 Å². The SMILES string of the molecule is N#Cc1cc(-c2cccc(-c3nc(-c4ccccc4)nc4ccccc34)c2)cc(-c2cccc(-c3nc(-c4cccc5ccccc45)nc4ccccc34)c2)c1. The molecule has 0 saturated carbocycles. The lowest BCUT2D eigenvalue weighted by Crippen LogP contribution is -1.96. The third-order valence-electron chi connectivity index (χ3n) is 10.3. The Morgan fingerprint density at radius 2 is 0.804 bits per heavy atom. The lowest BCUT2D eigenvalue weighted by atomic mass is 9.93. The molecular weight excluding hydrogens is 683 g/mol. The Morgan fingerprint density at radius 3 is 1.45 bits per heavy atom. The molecule has 0 fully saturated rings. The molecule has 0 aliphatic carbocycles. The number of hydrogen-bond acceptors (Lipinski definition) is 5. The highest BCUT2D eigenvalue weighted by Crippen LogP contribution is 2.37. The lowest BCUT2D eigenvalue weighted by molar-refractivity contribution is 1.23. The molecule has 0 atom stereocenters. The molecule has 5 heteroatoms. The van der Waals surface area contributed by atoms with E-state index in [9.17, 15) is 5.26 Å². The van der Waals surface area contributed by atoms with Crippen LogP contribution in [0.1, 0.15) is 5.56 Å². The molecule has 260 valence electrons. The van der Waals surface area contributed by atoms with Crippen molar-refractivity contribution in [2.45, 2.75) is 0 Å². The highest BCUT2D eigenvalue weighted by molar-refractivity contribution is 5.99. The Kier molecular flexibility index (Phi) is 8.13. The molecule has 0 N–H and O–H groups in total. The van der Waals surface area contributed by atoms with Gasteiger partial charge in [-0.05, 0) is 75.5 Å². The lowest BCUT2D eigenvalue weighted by Gasteiger charge is -2.13. The second-order valence-corrected chi connectivity index (χ2v) is 13.8. The zero-order chi connectivity index (χ0) is 37.4. The number of benzene rings is 8. The first-order chi connectivity index (χ1) is 27.7. The second-order valence-electron chi connectivity index (χ2n) is 13.8. The summed E-state index contributed by atoms with van der Waals surface area (Å²) in [5.41, 5.74) is 11.8. The van der Waals surface area contributed by atoms with Crippen LogP contribution in [0, 0.1) is 11.3 Å². The summed E-state index contributed by atoms with van der Waals surface area (Å²) < 4.78 is 0. The van der Waals surface area contributed by atoms with Crippen LogP contribution >= 0.6 is 0 Å². The minimum absolute atomic E-state index is 0.581. The van der Waals surface area contributed by atoms with E-state index in [0.717, 1.165) is 88.5 Å². The molecule has 0 aliphatic heterocycles. The van der Waals surface area contributed by atoms with E-state index in [1.165, 1.54) is 0 Å². The summed E-state index contributed by atoms with van der Waals surface area (Å²) in [6.07, 6.45) is 0. The van der Waals surface area contributed by atoms with Crippen molar-refractivity contribution in [2.24, 2.45) is 0 Å². The van der Waals surface area contributed by atoms with Gasteiger partial charge in [0.25, 0.3) is 0 Å². The molecule has 0 unspecified atom stereocenters. The van der Waals surface area contributed by atoms with E-state index in [1.54, 1.807) is 0 Å². The predicted molar refractivity (Wildman–Crippen MR) is 227 cm³/mol. The largest absolute Gasteiger partial charge is 0.228 e. The van der Waals surface area contributed by atoms with Crippen LogP contribution in [0.15, 0.2) is 188 Å². The first-order valence-electron chi connectivity index (χ1n) is 18.5. The summed E-state index contributed by atoms with van der Waals surface area (Å²) in [5.74, 6) is 1.36. The monoisotopic (exact) mass is 713 g/mol. The van der Waals surface area contributed by atoms with Crippen molar-refractivity contribution >= 4 is 32.6 Å². The third-order valence-corrected chi connectivity index (χ3v) is 10.3. The van der Waals surface area contributed by atoms with Crippen molar-refractivity contribution in [3.05, 3.63) is 194 Å². The van der Waals surface area contributed by atoms with Crippen LogP contribution in [-0.4, -0.2) is 19.9 Å². The summed E-state index contributed by atoms with van der Waals surface area (Å²) in [6.45, 7) is 0. The van der Waals surface area contributed by atoms with Crippen LogP contribution in [0.4, 0.5) is 0 Å². The van der Waals surface area contributed by atoms with E-state index in [4.69, 9.17) is 19.9 Å². The molecule has 2 aromatic heterocycles. The van der Waals surface area contributed by atoms with Gasteiger partial charge in [0.15, 0.2) is 11.6 Å². The molecule has 10 aromatic rings. The maximum absolute atomic E-state index is 10.3. The maximum Gasteiger partial charge on any atom is 0.161 e. The van der Waals surface area contributed by atoms with Gasteiger partial charge in [-0.15, -0.1) is 0 Å². The fourth-order valence-electron chi connectivity index (χ4n) is 7.57. The van der Waals surface area contributed by atoms with Gasteiger partial charge in [0.2, 0.25) is 0 Å². The molecule has 0 radical (unpaired) electrons. The molecule has 0 aliphatic rings. The van der Waals surface area contributed by atoms with Gasteiger partial charge >= 0.3 is 0 Å². The molecular formula is C51H31N5. The molecule has 0 bridgehead atoms. The van der Waals surface area contributed by atoms with Crippen molar-refractivity contribution in [3.8, 4) is 73.6 Å². The maximum atomic E-state index is 10.3. The van der Waals surface area contributed by atoms with Gasteiger partial charge in [-0.25, -0.2) is 19.9 Å². The topological polar surface area (TPSA) is 75.3 Å². The summed E-state index contributed by atoms with van der Waals surface area (Å²) in [5, 5.41) is 14.5. The molecule has 0 amide bonds.